The lowest BCUT2D eigenvalue weighted by atomic mass is 9.89. The van der Waals surface area contributed by atoms with Gasteiger partial charge in [-0.2, -0.15) is 0 Å². The molecule has 1 aliphatic rings. The minimum absolute atomic E-state index is 0.781. The van der Waals surface area contributed by atoms with Crippen molar-refractivity contribution in [3.05, 3.63) is 0 Å². The highest BCUT2D eigenvalue weighted by Crippen LogP contribution is 2.60. The maximum Gasteiger partial charge on any atom is -0.0266 e. The molecule has 0 aliphatic heterocycles. The highest BCUT2D eigenvalue weighted by atomic mass is 14.5. The van der Waals surface area contributed by atoms with Crippen molar-refractivity contribution >= 4 is 0 Å². The fraction of sp³-hybridized carbons (Fsp3) is 1.00. The monoisotopic (exact) mass is 154 g/mol. The summed E-state index contributed by atoms with van der Waals surface area (Å²) >= 11 is 0. The number of hydrogen-bond acceptors (Lipinski definition) is 0. The molecule has 1 aliphatic carbocycles. The maximum absolute atomic E-state index is 2.36. The molecule has 0 aromatic heterocycles. The topological polar surface area (TPSA) is 0 Å². The molecular weight excluding hydrogens is 132 g/mol. The molecule has 0 nitrogen and oxygen atoms in total. The summed E-state index contributed by atoms with van der Waals surface area (Å²) in [7, 11) is 0. The van der Waals surface area contributed by atoms with E-state index >= 15 is 0 Å². The van der Waals surface area contributed by atoms with Gasteiger partial charge in [-0.1, -0.05) is 40.5 Å². The third-order valence-electron chi connectivity index (χ3n) is 3.37. The van der Waals surface area contributed by atoms with Gasteiger partial charge < -0.3 is 0 Å². The van der Waals surface area contributed by atoms with E-state index in [9.17, 15) is 0 Å². The second kappa shape index (κ2) is 3.16. The Hall–Kier alpha value is 0. The second-order valence-corrected chi connectivity index (χ2v) is 4.62. The van der Waals surface area contributed by atoms with E-state index in [0.717, 1.165) is 17.3 Å². The Labute approximate surface area is 71.4 Å². The molecule has 66 valence electrons. The number of rotatable bonds is 4. The van der Waals surface area contributed by atoms with Gasteiger partial charge in [-0.05, 0) is 30.1 Å². The first kappa shape index (κ1) is 9.09. The van der Waals surface area contributed by atoms with Crippen LogP contribution in [0, 0.1) is 17.3 Å². The largest absolute Gasteiger partial charge is 0.0651 e. The Balaban J connectivity index is 2.39. The van der Waals surface area contributed by atoms with Crippen LogP contribution in [0.2, 0.25) is 0 Å². The molecule has 0 spiro atoms. The van der Waals surface area contributed by atoms with Crippen LogP contribution >= 0.6 is 0 Å². The van der Waals surface area contributed by atoms with Crippen molar-refractivity contribution in [3.63, 3.8) is 0 Å². The third-order valence-corrected chi connectivity index (χ3v) is 3.37. The van der Waals surface area contributed by atoms with E-state index < -0.39 is 0 Å². The van der Waals surface area contributed by atoms with Crippen LogP contribution in [0.5, 0.6) is 0 Å². The standard InChI is InChI=1S/C11H22/c1-5-10-8-11(10,6-2)7-9(3)4/h9-10H,5-8H2,1-4H3. The Bertz CT molecular complexity index is 126. The van der Waals surface area contributed by atoms with Crippen molar-refractivity contribution in [1.29, 1.82) is 0 Å². The van der Waals surface area contributed by atoms with Gasteiger partial charge in [0.25, 0.3) is 0 Å². The highest BCUT2D eigenvalue weighted by molar-refractivity contribution is 5.00. The molecule has 2 unspecified atom stereocenters. The number of hydrogen-bond donors (Lipinski definition) is 0. The molecule has 11 heavy (non-hydrogen) atoms. The van der Waals surface area contributed by atoms with Crippen LogP contribution in [0.25, 0.3) is 0 Å². The van der Waals surface area contributed by atoms with E-state index in [1.165, 1.54) is 25.7 Å². The van der Waals surface area contributed by atoms with Gasteiger partial charge in [0.15, 0.2) is 0 Å². The molecule has 0 radical (unpaired) electrons. The average molecular weight is 154 g/mol. The Morgan fingerprint density at radius 3 is 2.27 bits per heavy atom. The maximum atomic E-state index is 2.36. The summed E-state index contributed by atoms with van der Waals surface area (Å²) in [6.45, 7) is 9.39. The van der Waals surface area contributed by atoms with Gasteiger partial charge in [0, 0.05) is 0 Å². The molecule has 1 saturated carbocycles. The van der Waals surface area contributed by atoms with Gasteiger partial charge in [0.1, 0.15) is 0 Å². The Morgan fingerprint density at radius 2 is 2.00 bits per heavy atom. The second-order valence-electron chi connectivity index (χ2n) is 4.62. The predicted molar refractivity (Wildman–Crippen MR) is 50.6 cm³/mol. The van der Waals surface area contributed by atoms with Crippen molar-refractivity contribution in [1.82, 2.24) is 0 Å². The quantitative estimate of drug-likeness (QED) is 0.577. The molecule has 0 aromatic carbocycles. The van der Waals surface area contributed by atoms with Crippen LogP contribution in [-0.2, 0) is 0 Å². The lowest BCUT2D eigenvalue weighted by molar-refractivity contribution is 0.341. The molecule has 1 rings (SSSR count). The molecule has 0 N–H and O–H groups in total. The zero-order valence-electron chi connectivity index (χ0n) is 8.48. The molecule has 0 heteroatoms. The first-order valence-electron chi connectivity index (χ1n) is 5.14. The van der Waals surface area contributed by atoms with Crippen LogP contribution in [0.4, 0.5) is 0 Å². The summed E-state index contributed by atoms with van der Waals surface area (Å²) in [5.41, 5.74) is 0.781. The van der Waals surface area contributed by atoms with Crippen LogP contribution in [0.3, 0.4) is 0 Å². The van der Waals surface area contributed by atoms with E-state index in [1.54, 1.807) is 0 Å². The van der Waals surface area contributed by atoms with E-state index in [-0.39, 0.29) is 0 Å². The molecule has 0 heterocycles. The van der Waals surface area contributed by atoms with Crippen LogP contribution in [-0.4, -0.2) is 0 Å². The summed E-state index contributed by atoms with van der Waals surface area (Å²) in [6, 6.07) is 0. The first-order chi connectivity index (χ1) is 5.14. The molecule has 0 saturated heterocycles. The molecule has 0 amide bonds. The first-order valence-corrected chi connectivity index (χ1v) is 5.14. The summed E-state index contributed by atoms with van der Waals surface area (Å²) in [6.07, 6.45) is 5.78. The van der Waals surface area contributed by atoms with Crippen molar-refractivity contribution in [2.45, 2.75) is 53.4 Å². The minimum atomic E-state index is 0.781. The summed E-state index contributed by atoms with van der Waals surface area (Å²) in [5.74, 6) is 1.96. The molecule has 0 aromatic rings. The van der Waals surface area contributed by atoms with Gasteiger partial charge in [0.2, 0.25) is 0 Å². The molecule has 2 atom stereocenters. The van der Waals surface area contributed by atoms with Crippen molar-refractivity contribution in [3.8, 4) is 0 Å². The third kappa shape index (κ3) is 1.77. The lowest BCUT2D eigenvalue weighted by Gasteiger charge is -2.16. The van der Waals surface area contributed by atoms with Gasteiger partial charge in [-0.25, -0.2) is 0 Å². The fourth-order valence-corrected chi connectivity index (χ4v) is 2.65. The normalized spacial score (nSPS) is 36.3. The highest BCUT2D eigenvalue weighted by Gasteiger charge is 2.50. The van der Waals surface area contributed by atoms with Crippen LogP contribution in [0.15, 0.2) is 0 Å². The summed E-state index contributed by atoms with van der Waals surface area (Å²) in [4.78, 5) is 0. The summed E-state index contributed by atoms with van der Waals surface area (Å²) < 4.78 is 0. The average Bonchev–Trinajstić information content (AvgIpc) is 2.62. The van der Waals surface area contributed by atoms with Crippen molar-refractivity contribution in [2.24, 2.45) is 17.3 Å². The van der Waals surface area contributed by atoms with E-state index in [1.807, 2.05) is 0 Å². The van der Waals surface area contributed by atoms with Gasteiger partial charge >= 0.3 is 0 Å². The van der Waals surface area contributed by atoms with Crippen molar-refractivity contribution in [2.75, 3.05) is 0 Å². The summed E-state index contributed by atoms with van der Waals surface area (Å²) in [5, 5.41) is 0. The zero-order chi connectivity index (χ0) is 8.48. The van der Waals surface area contributed by atoms with Crippen molar-refractivity contribution < 1.29 is 0 Å². The van der Waals surface area contributed by atoms with Gasteiger partial charge in [0.05, 0.1) is 0 Å². The van der Waals surface area contributed by atoms with E-state index in [0.29, 0.717) is 0 Å². The SMILES string of the molecule is CCC1CC1(CC)CC(C)C. The fourth-order valence-electron chi connectivity index (χ4n) is 2.65. The van der Waals surface area contributed by atoms with Gasteiger partial charge in [-0.3, -0.25) is 0 Å². The van der Waals surface area contributed by atoms with Crippen LogP contribution < -0.4 is 0 Å². The van der Waals surface area contributed by atoms with Crippen LogP contribution in [0.1, 0.15) is 53.4 Å². The zero-order valence-corrected chi connectivity index (χ0v) is 8.48. The predicted octanol–water partition coefficient (Wildman–Crippen LogP) is 3.86. The Kier molecular flexibility index (Phi) is 2.61. The molecular formula is C11H22. The minimum Gasteiger partial charge on any atom is -0.0651 e. The Morgan fingerprint density at radius 1 is 1.36 bits per heavy atom. The van der Waals surface area contributed by atoms with Gasteiger partial charge in [-0.15, -0.1) is 0 Å². The smallest absolute Gasteiger partial charge is 0.0266 e. The molecule has 0 bridgehead atoms. The molecule has 1 fully saturated rings. The van der Waals surface area contributed by atoms with E-state index in [2.05, 4.69) is 27.7 Å². The van der Waals surface area contributed by atoms with E-state index in [4.69, 9.17) is 0 Å². The lowest BCUT2D eigenvalue weighted by Crippen LogP contribution is -2.06.